The van der Waals surface area contributed by atoms with E-state index < -0.39 is 5.97 Å². The smallest absolute Gasteiger partial charge is 0.328 e. The number of thiophene rings is 1. The lowest BCUT2D eigenvalue weighted by atomic mass is 10.3. The monoisotopic (exact) mass is 207 g/mol. The van der Waals surface area contributed by atoms with Gasteiger partial charge in [-0.2, -0.15) is 0 Å². The second-order valence-corrected chi connectivity index (χ2v) is 3.36. The molecule has 1 aromatic heterocycles. The van der Waals surface area contributed by atoms with E-state index in [0.29, 0.717) is 6.54 Å². The van der Waals surface area contributed by atoms with Gasteiger partial charge >= 0.3 is 5.97 Å². The van der Waals surface area contributed by atoms with Crippen LogP contribution in [0.2, 0.25) is 0 Å². The number of hydrogen-bond donors (Lipinski definition) is 2. The molecule has 1 aromatic rings. The summed E-state index contributed by atoms with van der Waals surface area (Å²) in [4.78, 5) is 11.1. The first kappa shape index (κ1) is 10.5. The van der Waals surface area contributed by atoms with Crippen LogP contribution in [0.1, 0.15) is 10.4 Å². The van der Waals surface area contributed by atoms with Crippen molar-refractivity contribution in [2.75, 3.05) is 6.54 Å². The zero-order chi connectivity index (χ0) is 10.4. The molecule has 0 bridgehead atoms. The molecular weight excluding hydrogens is 198 g/mol. The van der Waals surface area contributed by atoms with E-state index in [-0.39, 0.29) is 0 Å². The van der Waals surface area contributed by atoms with Gasteiger partial charge in [0.25, 0.3) is 0 Å². The molecule has 1 rings (SSSR count). The summed E-state index contributed by atoms with van der Waals surface area (Å²) in [5, 5.41) is 10.3. The molecule has 0 spiro atoms. The minimum atomic E-state index is -0.951. The van der Waals surface area contributed by atoms with Gasteiger partial charge in [-0.3, -0.25) is 0 Å². The van der Waals surface area contributed by atoms with Crippen LogP contribution in [0, 0.1) is 11.8 Å². The fourth-order valence-corrected chi connectivity index (χ4v) is 1.54. The number of carbonyl (C=O) groups is 1. The molecule has 0 fully saturated rings. The van der Waals surface area contributed by atoms with Crippen LogP contribution in [0.5, 0.6) is 0 Å². The SMILES string of the molecule is NCC#Cc1csc(/C=C/C(=O)O)c1. The first-order valence-corrected chi connectivity index (χ1v) is 4.79. The zero-order valence-electron chi connectivity index (χ0n) is 7.36. The van der Waals surface area contributed by atoms with Gasteiger partial charge < -0.3 is 10.8 Å². The summed E-state index contributed by atoms with van der Waals surface area (Å²) < 4.78 is 0. The molecule has 0 aromatic carbocycles. The van der Waals surface area contributed by atoms with Gasteiger partial charge in [-0.1, -0.05) is 11.8 Å². The number of rotatable bonds is 2. The van der Waals surface area contributed by atoms with E-state index in [1.54, 1.807) is 6.08 Å². The highest BCUT2D eigenvalue weighted by atomic mass is 32.1. The lowest BCUT2D eigenvalue weighted by molar-refractivity contribution is -0.131. The number of carboxylic acids is 1. The highest BCUT2D eigenvalue weighted by Gasteiger charge is 1.94. The quantitative estimate of drug-likeness (QED) is 0.565. The van der Waals surface area contributed by atoms with Crippen molar-refractivity contribution >= 4 is 23.4 Å². The van der Waals surface area contributed by atoms with Crippen LogP contribution in [0.3, 0.4) is 0 Å². The summed E-state index contributed by atoms with van der Waals surface area (Å²) in [7, 11) is 0. The third-order valence-electron chi connectivity index (χ3n) is 1.34. The minimum Gasteiger partial charge on any atom is -0.478 e. The second-order valence-electron chi connectivity index (χ2n) is 2.42. The summed E-state index contributed by atoms with van der Waals surface area (Å²) in [5.41, 5.74) is 6.09. The lowest BCUT2D eigenvalue weighted by Gasteiger charge is -1.80. The minimum absolute atomic E-state index is 0.330. The Balaban J connectivity index is 2.73. The van der Waals surface area contributed by atoms with Crippen LogP contribution in [-0.2, 0) is 4.79 Å². The molecule has 0 aliphatic carbocycles. The van der Waals surface area contributed by atoms with Crippen LogP contribution >= 0.6 is 11.3 Å². The van der Waals surface area contributed by atoms with Crippen molar-refractivity contribution in [3.63, 3.8) is 0 Å². The predicted octanol–water partition coefficient (Wildman–Crippen LogP) is 1.16. The average molecular weight is 207 g/mol. The van der Waals surface area contributed by atoms with Gasteiger partial charge in [0, 0.05) is 21.9 Å². The van der Waals surface area contributed by atoms with Crippen LogP contribution < -0.4 is 5.73 Å². The van der Waals surface area contributed by atoms with Gasteiger partial charge in [-0.25, -0.2) is 4.79 Å². The number of nitrogens with two attached hydrogens (primary N) is 1. The van der Waals surface area contributed by atoms with Gasteiger partial charge in [-0.15, -0.1) is 11.3 Å². The second kappa shape index (κ2) is 5.22. The maximum Gasteiger partial charge on any atom is 0.328 e. The van der Waals surface area contributed by atoms with E-state index in [1.807, 2.05) is 11.4 Å². The third kappa shape index (κ3) is 3.44. The fraction of sp³-hybridized carbons (Fsp3) is 0.100. The summed E-state index contributed by atoms with van der Waals surface area (Å²) in [6.45, 7) is 0.330. The first-order chi connectivity index (χ1) is 6.72. The number of aliphatic carboxylic acids is 1. The molecule has 0 saturated carbocycles. The van der Waals surface area contributed by atoms with E-state index in [1.165, 1.54) is 11.3 Å². The average Bonchev–Trinajstić information content (AvgIpc) is 2.59. The van der Waals surface area contributed by atoms with Crippen molar-refractivity contribution < 1.29 is 9.90 Å². The van der Waals surface area contributed by atoms with Crippen molar-refractivity contribution in [1.82, 2.24) is 0 Å². The maximum absolute atomic E-state index is 10.2. The Kier molecular flexibility index (Phi) is 3.92. The molecule has 0 atom stereocenters. The van der Waals surface area contributed by atoms with Crippen molar-refractivity contribution in [2.24, 2.45) is 5.73 Å². The molecule has 0 aliphatic rings. The Morgan fingerprint density at radius 2 is 2.50 bits per heavy atom. The third-order valence-corrected chi connectivity index (χ3v) is 2.24. The Hall–Kier alpha value is -1.57. The van der Waals surface area contributed by atoms with E-state index >= 15 is 0 Å². The Labute approximate surface area is 85.9 Å². The summed E-state index contributed by atoms with van der Waals surface area (Å²) in [5.74, 6) is 4.64. The van der Waals surface area contributed by atoms with Crippen molar-refractivity contribution in [2.45, 2.75) is 0 Å². The molecule has 72 valence electrons. The van der Waals surface area contributed by atoms with Crippen LogP contribution in [0.25, 0.3) is 6.08 Å². The maximum atomic E-state index is 10.2. The predicted molar refractivity (Wildman–Crippen MR) is 56.9 cm³/mol. The van der Waals surface area contributed by atoms with Crippen LogP contribution in [0.4, 0.5) is 0 Å². The van der Waals surface area contributed by atoms with Crippen molar-refractivity contribution in [1.29, 1.82) is 0 Å². The van der Waals surface area contributed by atoms with Gasteiger partial charge in [0.1, 0.15) is 0 Å². The standard InChI is InChI=1S/C10H9NO2S/c11-5-1-2-8-6-9(14-7-8)3-4-10(12)13/h3-4,6-7H,5,11H2,(H,12,13)/b4-3+. The van der Waals surface area contributed by atoms with E-state index in [2.05, 4.69) is 11.8 Å². The van der Waals surface area contributed by atoms with Gasteiger partial charge in [0.05, 0.1) is 6.54 Å². The van der Waals surface area contributed by atoms with Gasteiger partial charge in [0.15, 0.2) is 0 Å². The fourth-order valence-electron chi connectivity index (χ4n) is 0.812. The van der Waals surface area contributed by atoms with Crippen LogP contribution in [0.15, 0.2) is 17.5 Å². The molecule has 0 radical (unpaired) electrons. The normalized spacial score (nSPS) is 9.79. The Morgan fingerprint density at radius 1 is 1.71 bits per heavy atom. The van der Waals surface area contributed by atoms with E-state index in [9.17, 15) is 4.79 Å². The molecule has 0 unspecified atom stereocenters. The van der Waals surface area contributed by atoms with Crippen molar-refractivity contribution in [3.05, 3.63) is 28.0 Å². The molecule has 0 aliphatic heterocycles. The van der Waals surface area contributed by atoms with Gasteiger partial charge in [-0.05, 0) is 12.1 Å². The molecule has 0 amide bonds. The molecule has 3 nitrogen and oxygen atoms in total. The first-order valence-electron chi connectivity index (χ1n) is 3.91. The van der Waals surface area contributed by atoms with Crippen LogP contribution in [-0.4, -0.2) is 17.6 Å². The number of carboxylic acid groups (broad SMARTS) is 1. The highest BCUT2D eigenvalue weighted by Crippen LogP contribution is 2.15. The number of hydrogen-bond acceptors (Lipinski definition) is 3. The topological polar surface area (TPSA) is 63.3 Å². The molecular formula is C10H9NO2S. The molecule has 3 N–H and O–H groups in total. The van der Waals surface area contributed by atoms with Gasteiger partial charge in [0.2, 0.25) is 0 Å². The Morgan fingerprint density at radius 3 is 3.14 bits per heavy atom. The molecule has 0 saturated heterocycles. The Bertz CT molecular complexity index is 409. The summed E-state index contributed by atoms with van der Waals surface area (Å²) >= 11 is 1.45. The zero-order valence-corrected chi connectivity index (χ0v) is 8.17. The lowest BCUT2D eigenvalue weighted by Crippen LogP contribution is -1.92. The molecule has 14 heavy (non-hydrogen) atoms. The van der Waals surface area contributed by atoms with E-state index in [0.717, 1.165) is 16.5 Å². The summed E-state index contributed by atoms with van der Waals surface area (Å²) in [6.07, 6.45) is 2.65. The summed E-state index contributed by atoms with van der Waals surface area (Å²) in [6, 6.07) is 1.83. The molecule has 1 heterocycles. The van der Waals surface area contributed by atoms with E-state index in [4.69, 9.17) is 10.8 Å². The highest BCUT2D eigenvalue weighted by molar-refractivity contribution is 7.11. The van der Waals surface area contributed by atoms with Crippen molar-refractivity contribution in [3.8, 4) is 11.8 Å². The molecule has 4 heteroatoms. The largest absolute Gasteiger partial charge is 0.478 e.